The van der Waals surface area contributed by atoms with E-state index in [2.05, 4.69) is 15.3 Å². The van der Waals surface area contributed by atoms with Crippen LogP contribution in [0.1, 0.15) is 52.2 Å². The van der Waals surface area contributed by atoms with Crippen molar-refractivity contribution < 1.29 is 47.2 Å². The molecule has 0 radical (unpaired) electrons. The maximum absolute atomic E-state index is 13.6. The number of esters is 1. The van der Waals surface area contributed by atoms with E-state index in [1.54, 1.807) is 68.8 Å². The summed E-state index contributed by atoms with van der Waals surface area (Å²) in [5.41, 5.74) is -0.757. The smallest absolute Gasteiger partial charge is 0.349 e. The summed E-state index contributed by atoms with van der Waals surface area (Å²) in [6.07, 6.45) is -1.49. The van der Waals surface area contributed by atoms with Crippen LogP contribution in [0.2, 0.25) is 0 Å². The number of aryl methyl sites for hydroxylation is 1. The number of benzene rings is 4. The van der Waals surface area contributed by atoms with Crippen LogP contribution in [0.15, 0.2) is 142 Å². The molecule has 5 atom stereocenters. The highest BCUT2D eigenvalue weighted by atomic mass is 32.5. The number of hydrogen-bond donors (Lipinski definition) is 3. The number of aromatic nitrogens is 4. The Hall–Kier alpha value is -6.57. The molecule has 2 aromatic heterocycles. The number of ether oxygens (including phenoxy) is 5. The van der Waals surface area contributed by atoms with Crippen LogP contribution in [0.5, 0.6) is 11.5 Å². The molecule has 1 aliphatic rings. The fourth-order valence-corrected chi connectivity index (χ4v) is 9.04. The van der Waals surface area contributed by atoms with Crippen LogP contribution in [-0.4, -0.2) is 81.6 Å². The highest BCUT2D eigenvalue weighted by molar-refractivity contribution is 8.07. The molecule has 3 heterocycles. The Morgan fingerprint density at radius 2 is 1.51 bits per heavy atom. The summed E-state index contributed by atoms with van der Waals surface area (Å²) in [5, 5.41) is 2.63. The molecule has 0 saturated carbocycles. The van der Waals surface area contributed by atoms with Crippen LogP contribution in [-0.2, 0) is 52.0 Å². The molecule has 4 aromatic carbocycles. The van der Waals surface area contributed by atoms with Crippen LogP contribution in [0.25, 0.3) is 0 Å². The summed E-state index contributed by atoms with van der Waals surface area (Å²) >= 11 is 5.59. The fourth-order valence-electron chi connectivity index (χ4n) is 7.59. The van der Waals surface area contributed by atoms with E-state index in [0.717, 1.165) is 0 Å². The van der Waals surface area contributed by atoms with Gasteiger partial charge in [-0.3, -0.25) is 28.5 Å². The van der Waals surface area contributed by atoms with Crippen LogP contribution >= 0.6 is 6.72 Å². The normalized spacial score (nSPS) is 17.2. The lowest BCUT2D eigenvalue weighted by atomic mass is 9.80. The first kappa shape index (κ1) is 48.4. The first-order valence-corrected chi connectivity index (χ1v) is 23.5. The maximum atomic E-state index is 13.6. The Kier molecular flexibility index (Phi) is 15.4. The largest absolute Gasteiger partial charge is 0.497 e. The monoisotopic (exact) mass is 953 g/mol. The van der Waals surface area contributed by atoms with E-state index in [9.17, 15) is 28.9 Å². The molecule has 1 saturated heterocycles. The molecule has 67 heavy (non-hydrogen) atoms. The minimum absolute atomic E-state index is 0.000620. The summed E-state index contributed by atoms with van der Waals surface area (Å²) in [4.78, 5) is 81.6. The van der Waals surface area contributed by atoms with Gasteiger partial charge in [0.05, 0.1) is 34.0 Å². The van der Waals surface area contributed by atoms with E-state index in [-0.39, 0.29) is 31.0 Å². The Morgan fingerprint density at radius 3 is 2.09 bits per heavy atom. The van der Waals surface area contributed by atoms with Gasteiger partial charge >= 0.3 is 24.1 Å². The van der Waals surface area contributed by atoms with Crippen molar-refractivity contribution in [3.8, 4) is 11.5 Å². The van der Waals surface area contributed by atoms with Gasteiger partial charge in [0.25, 0.3) is 11.5 Å². The van der Waals surface area contributed by atoms with Gasteiger partial charge in [-0.05, 0) is 77.9 Å². The number of methoxy groups -OCH3 is 2. The van der Waals surface area contributed by atoms with Gasteiger partial charge in [0, 0.05) is 36.9 Å². The molecule has 1 aliphatic heterocycles. The second kappa shape index (κ2) is 21.4. The zero-order chi connectivity index (χ0) is 47.7. The molecule has 6 aromatic rings. The van der Waals surface area contributed by atoms with Crippen molar-refractivity contribution >= 4 is 36.2 Å². The average Bonchev–Trinajstić information content (AvgIpc) is 3.72. The highest BCUT2D eigenvalue weighted by Crippen LogP contribution is 2.48. The lowest BCUT2D eigenvalue weighted by molar-refractivity contribution is -0.150. The second-order valence-electron chi connectivity index (χ2n) is 15.4. The third-order valence-electron chi connectivity index (χ3n) is 10.8. The molecule has 1 amide bonds. The van der Waals surface area contributed by atoms with Gasteiger partial charge in [-0.25, -0.2) is 9.59 Å². The first-order valence-electron chi connectivity index (χ1n) is 20.9. The maximum Gasteiger partial charge on any atom is 0.349 e. The van der Waals surface area contributed by atoms with E-state index in [1.807, 2.05) is 54.6 Å². The number of anilines is 1. The average molecular weight is 954 g/mol. The SMILES string of the molecule is COc1ccc(C(OCC(Cn2ccc(NC(=O)c3ccccc3)nc2=O)OP(O)(=S)OCC2OC(n3cc(C)c(=O)[nH]c3=O)CC2OC(C)=O)(c2ccccc2)c2ccc(OC)cc2)cc1. The van der Waals surface area contributed by atoms with Gasteiger partial charge in [0.15, 0.2) is 0 Å². The van der Waals surface area contributed by atoms with E-state index in [1.165, 1.54) is 41.4 Å². The predicted molar refractivity (Wildman–Crippen MR) is 249 cm³/mol. The summed E-state index contributed by atoms with van der Waals surface area (Å²) in [6, 6.07) is 33.9. The molecule has 3 N–H and O–H groups in total. The Bertz CT molecular complexity index is 2850. The molecule has 5 unspecified atom stereocenters. The minimum atomic E-state index is -4.32. The van der Waals surface area contributed by atoms with E-state index < -0.39 is 72.3 Å². The molecular weight excluding hydrogens is 906 g/mol. The highest BCUT2D eigenvalue weighted by Gasteiger charge is 2.42. The number of carbonyl (C=O) groups excluding carboxylic acids is 2. The zero-order valence-electron chi connectivity index (χ0n) is 36.8. The Labute approximate surface area is 389 Å². The lowest BCUT2D eigenvalue weighted by Crippen LogP contribution is -2.39. The molecular formula is C47H48N5O13PS. The number of H-pyrrole nitrogens is 1. The quantitative estimate of drug-likeness (QED) is 0.0539. The van der Waals surface area contributed by atoms with Gasteiger partial charge in [0.1, 0.15) is 47.5 Å². The molecule has 18 nitrogen and oxygen atoms in total. The Morgan fingerprint density at radius 1 is 0.910 bits per heavy atom. The first-order chi connectivity index (χ1) is 32.2. The molecule has 350 valence electrons. The number of hydrogen-bond acceptors (Lipinski definition) is 14. The van der Waals surface area contributed by atoms with Crippen molar-refractivity contribution in [3.63, 3.8) is 0 Å². The van der Waals surface area contributed by atoms with Crippen LogP contribution in [0.3, 0.4) is 0 Å². The number of amides is 1. The zero-order valence-corrected chi connectivity index (χ0v) is 38.5. The molecule has 0 spiro atoms. The number of nitrogens with one attached hydrogen (secondary N) is 2. The Balaban J connectivity index is 1.21. The van der Waals surface area contributed by atoms with Crippen LogP contribution in [0, 0.1) is 6.92 Å². The van der Waals surface area contributed by atoms with E-state index in [0.29, 0.717) is 33.8 Å². The van der Waals surface area contributed by atoms with Gasteiger partial charge < -0.3 is 42.9 Å². The van der Waals surface area contributed by atoms with Crippen molar-refractivity contribution in [2.45, 2.75) is 57.0 Å². The molecule has 20 heteroatoms. The van der Waals surface area contributed by atoms with E-state index >= 15 is 0 Å². The standard InChI is InChI=1S/C47H48N5O13PS/c1-30-26-52(46(57)50-43(30)54)42-25-39(63-31(2)53)40(64-42)29-62-66(58,67)65-38(27-51-24-23-41(49-45(51)56)48-44(55)32-11-7-5-8-12-32)28-61-47(33-13-9-6-10-14-33,34-15-19-36(59-3)20-16-34)35-17-21-37(60-4)22-18-35/h5-24,26,38-40,42H,25,27-29H2,1-4H3,(H,58,67)(H,50,54,57)(H,48,49,55,56). The summed E-state index contributed by atoms with van der Waals surface area (Å²) in [7, 11) is 3.12. The molecule has 1 fully saturated rings. The van der Waals surface area contributed by atoms with Crippen molar-refractivity contribution in [2.75, 3.05) is 32.8 Å². The third-order valence-corrected chi connectivity index (χ3v) is 12.5. The molecule has 7 rings (SSSR count). The minimum Gasteiger partial charge on any atom is -0.497 e. The number of nitrogens with zero attached hydrogens (tertiary/aromatic N) is 3. The lowest BCUT2D eigenvalue weighted by Gasteiger charge is -2.37. The van der Waals surface area contributed by atoms with Gasteiger partial charge in [-0.1, -0.05) is 72.8 Å². The van der Waals surface area contributed by atoms with Crippen molar-refractivity contribution in [1.29, 1.82) is 0 Å². The van der Waals surface area contributed by atoms with Crippen LogP contribution < -0.4 is 31.7 Å². The van der Waals surface area contributed by atoms with E-state index in [4.69, 9.17) is 44.5 Å². The second-order valence-corrected chi connectivity index (χ2v) is 18.2. The molecule has 0 aliphatic carbocycles. The van der Waals surface area contributed by atoms with Crippen molar-refractivity contribution in [2.24, 2.45) is 0 Å². The summed E-state index contributed by atoms with van der Waals surface area (Å²) in [5.74, 6) is 0.0926. The van der Waals surface area contributed by atoms with Crippen LogP contribution in [0.4, 0.5) is 5.82 Å². The van der Waals surface area contributed by atoms with Gasteiger partial charge in [0.2, 0.25) is 0 Å². The third kappa shape index (κ3) is 11.7. The topological polar surface area (TPSA) is 221 Å². The fraction of sp³-hybridized carbons (Fsp3) is 0.277. The summed E-state index contributed by atoms with van der Waals surface area (Å²) < 4.78 is 44.2. The number of aromatic amines is 1. The van der Waals surface area contributed by atoms with Gasteiger partial charge in [-0.15, -0.1) is 0 Å². The molecule has 0 bridgehead atoms. The van der Waals surface area contributed by atoms with Crippen molar-refractivity contribution in [1.82, 2.24) is 19.1 Å². The number of rotatable bonds is 19. The summed E-state index contributed by atoms with van der Waals surface area (Å²) in [6.45, 7) is -2.67. The number of carbonyl (C=O) groups is 2. The predicted octanol–water partition coefficient (Wildman–Crippen LogP) is 5.22. The van der Waals surface area contributed by atoms with Gasteiger partial charge in [-0.2, -0.15) is 4.98 Å². The van der Waals surface area contributed by atoms with Crippen molar-refractivity contribution in [3.05, 3.63) is 187 Å².